The highest BCUT2D eigenvalue weighted by atomic mass is 32.2. The van der Waals surface area contributed by atoms with Gasteiger partial charge in [-0.15, -0.1) is 10.2 Å². The van der Waals surface area contributed by atoms with Gasteiger partial charge in [-0.25, -0.2) is 0 Å². The molecular weight excluding hydrogens is 274 g/mol. The fraction of sp³-hybridized carbons (Fsp3) is 0.308. The number of thioether (sulfide) groups is 1. The van der Waals surface area contributed by atoms with Crippen molar-refractivity contribution < 1.29 is 4.79 Å². The standard InChI is InChI=1S/C13H17N5OS/c1-2-18-12(8-15-10-6-4-3-5-7-10)16-17-13(18)20-9-11(14)19/h3-7,15H,2,8-9H2,1H3,(H2,14,19). The number of primary amides is 1. The second-order valence-electron chi connectivity index (χ2n) is 4.12. The molecule has 1 aromatic heterocycles. The first kappa shape index (κ1) is 14.4. The van der Waals surface area contributed by atoms with E-state index in [4.69, 9.17) is 5.73 Å². The van der Waals surface area contributed by atoms with Crippen LogP contribution in [0.15, 0.2) is 35.5 Å². The summed E-state index contributed by atoms with van der Waals surface area (Å²) >= 11 is 1.31. The Morgan fingerprint density at radius 2 is 2.10 bits per heavy atom. The van der Waals surface area contributed by atoms with Gasteiger partial charge >= 0.3 is 0 Å². The molecule has 0 saturated carbocycles. The lowest BCUT2D eigenvalue weighted by Gasteiger charge is -2.08. The molecule has 1 aromatic carbocycles. The molecule has 106 valence electrons. The van der Waals surface area contributed by atoms with Crippen LogP contribution in [0.4, 0.5) is 5.69 Å². The lowest BCUT2D eigenvalue weighted by Crippen LogP contribution is -2.14. The lowest BCUT2D eigenvalue weighted by atomic mass is 10.3. The molecule has 0 bridgehead atoms. The maximum absolute atomic E-state index is 10.8. The van der Waals surface area contributed by atoms with Gasteiger partial charge in [-0.1, -0.05) is 30.0 Å². The van der Waals surface area contributed by atoms with Crippen LogP contribution >= 0.6 is 11.8 Å². The summed E-state index contributed by atoms with van der Waals surface area (Å²) in [7, 11) is 0. The number of carbonyl (C=O) groups excluding carboxylic acids is 1. The minimum atomic E-state index is -0.357. The Balaban J connectivity index is 2.02. The third-order valence-electron chi connectivity index (χ3n) is 2.68. The Hall–Kier alpha value is -2.02. The Morgan fingerprint density at radius 1 is 1.35 bits per heavy atom. The zero-order valence-corrected chi connectivity index (χ0v) is 12.1. The molecule has 7 heteroatoms. The van der Waals surface area contributed by atoms with Gasteiger partial charge in [0.05, 0.1) is 12.3 Å². The van der Waals surface area contributed by atoms with E-state index in [1.165, 1.54) is 11.8 Å². The molecule has 3 N–H and O–H groups in total. The predicted molar refractivity (Wildman–Crippen MR) is 79.4 cm³/mol. The van der Waals surface area contributed by atoms with Crippen LogP contribution in [0.2, 0.25) is 0 Å². The molecule has 0 unspecified atom stereocenters. The number of carbonyl (C=O) groups is 1. The quantitative estimate of drug-likeness (QED) is 0.755. The normalized spacial score (nSPS) is 10.4. The van der Waals surface area contributed by atoms with Crippen molar-refractivity contribution in [3.8, 4) is 0 Å². The number of hydrogen-bond donors (Lipinski definition) is 2. The molecule has 2 rings (SSSR count). The fourth-order valence-electron chi connectivity index (χ4n) is 1.75. The lowest BCUT2D eigenvalue weighted by molar-refractivity contribution is -0.115. The number of amides is 1. The van der Waals surface area contributed by atoms with Crippen molar-refractivity contribution in [3.63, 3.8) is 0 Å². The second kappa shape index (κ2) is 6.95. The predicted octanol–water partition coefficient (Wildman–Crippen LogP) is 1.49. The van der Waals surface area contributed by atoms with Crippen molar-refractivity contribution >= 4 is 23.4 Å². The first-order chi connectivity index (χ1) is 9.70. The van der Waals surface area contributed by atoms with Crippen LogP contribution in [0.1, 0.15) is 12.7 Å². The monoisotopic (exact) mass is 291 g/mol. The molecule has 0 saturated heterocycles. The SMILES string of the molecule is CCn1c(CNc2ccccc2)nnc1SCC(N)=O. The van der Waals surface area contributed by atoms with Crippen LogP contribution in [0.5, 0.6) is 0 Å². The largest absolute Gasteiger partial charge is 0.378 e. The molecule has 1 amide bonds. The number of nitrogens with zero attached hydrogens (tertiary/aromatic N) is 3. The summed E-state index contributed by atoms with van der Waals surface area (Å²) in [5, 5.41) is 12.3. The van der Waals surface area contributed by atoms with Gasteiger partial charge in [0, 0.05) is 12.2 Å². The zero-order chi connectivity index (χ0) is 14.4. The van der Waals surface area contributed by atoms with Gasteiger partial charge < -0.3 is 15.6 Å². The summed E-state index contributed by atoms with van der Waals surface area (Å²) in [6, 6.07) is 9.91. The molecule has 0 spiro atoms. The summed E-state index contributed by atoms with van der Waals surface area (Å²) in [6.07, 6.45) is 0. The minimum Gasteiger partial charge on any atom is -0.378 e. The van der Waals surface area contributed by atoms with Gasteiger partial charge in [-0.3, -0.25) is 4.79 Å². The number of benzene rings is 1. The topological polar surface area (TPSA) is 85.8 Å². The van der Waals surface area contributed by atoms with E-state index in [0.29, 0.717) is 6.54 Å². The maximum atomic E-state index is 10.8. The molecule has 1 heterocycles. The van der Waals surface area contributed by atoms with E-state index in [2.05, 4.69) is 15.5 Å². The number of hydrogen-bond acceptors (Lipinski definition) is 5. The van der Waals surface area contributed by atoms with Crippen LogP contribution in [0.3, 0.4) is 0 Å². The van der Waals surface area contributed by atoms with E-state index in [-0.39, 0.29) is 11.7 Å². The van der Waals surface area contributed by atoms with E-state index in [1.807, 2.05) is 41.8 Å². The van der Waals surface area contributed by atoms with Crippen LogP contribution in [0, 0.1) is 0 Å². The summed E-state index contributed by atoms with van der Waals surface area (Å²) < 4.78 is 1.98. The molecular formula is C13H17N5OS. The molecule has 0 atom stereocenters. The van der Waals surface area contributed by atoms with Crippen LogP contribution in [-0.2, 0) is 17.9 Å². The van der Waals surface area contributed by atoms with E-state index in [0.717, 1.165) is 23.2 Å². The van der Waals surface area contributed by atoms with Crippen molar-refractivity contribution in [2.75, 3.05) is 11.1 Å². The summed E-state index contributed by atoms with van der Waals surface area (Å²) in [6.45, 7) is 3.35. The number of para-hydroxylation sites is 1. The maximum Gasteiger partial charge on any atom is 0.227 e. The molecule has 2 aromatic rings. The van der Waals surface area contributed by atoms with E-state index < -0.39 is 0 Å². The van der Waals surface area contributed by atoms with Gasteiger partial charge in [0.1, 0.15) is 0 Å². The number of aromatic nitrogens is 3. The van der Waals surface area contributed by atoms with Crippen LogP contribution < -0.4 is 11.1 Å². The molecule has 0 fully saturated rings. The molecule has 0 aliphatic carbocycles. The fourth-order valence-corrected chi connectivity index (χ4v) is 2.51. The van der Waals surface area contributed by atoms with Gasteiger partial charge in [0.15, 0.2) is 11.0 Å². The summed E-state index contributed by atoms with van der Waals surface area (Å²) in [5.74, 6) is 0.692. The highest BCUT2D eigenvalue weighted by Crippen LogP contribution is 2.17. The molecule has 0 aliphatic heterocycles. The third kappa shape index (κ3) is 3.74. The zero-order valence-electron chi connectivity index (χ0n) is 11.2. The number of nitrogens with two attached hydrogens (primary N) is 1. The van der Waals surface area contributed by atoms with Gasteiger partial charge in [-0.2, -0.15) is 0 Å². The minimum absolute atomic E-state index is 0.213. The Labute approximate surface area is 121 Å². The molecule has 6 nitrogen and oxygen atoms in total. The van der Waals surface area contributed by atoms with Crippen molar-refractivity contribution in [1.29, 1.82) is 0 Å². The second-order valence-corrected chi connectivity index (χ2v) is 5.06. The van der Waals surface area contributed by atoms with Crippen LogP contribution in [0.25, 0.3) is 0 Å². The van der Waals surface area contributed by atoms with Gasteiger partial charge in [-0.05, 0) is 19.1 Å². The van der Waals surface area contributed by atoms with Crippen molar-refractivity contribution in [1.82, 2.24) is 14.8 Å². The van der Waals surface area contributed by atoms with Gasteiger partial charge in [0.25, 0.3) is 0 Å². The number of nitrogens with one attached hydrogen (secondary N) is 1. The average Bonchev–Trinajstić information content (AvgIpc) is 2.86. The average molecular weight is 291 g/mol. The van der Waals surface area contributed by atoms with E-state index >= 15 is 0 Å². The van der Waals surface area contributed by atoms with Crippen molar-refractivity contribution in [2.45, 2.75) is 25.2 Å². The summed E-state index contributed by atoms with van der Waals surface area (Å²) in [4.78, 5) is 10.8. The Morgan fingerprint density at radius 3 is 2.75 bits per heavy atom. The Kier molecular flexibility index (Phi) is 5.00. The van der Waals surface area contributed by atoms with E-state index in [9.17, 15) is 4.79 Å². The van der Waals surface area contributed by atoms with E-state index in [1.54, 1.807) is 0 Å². The molecule has 0 radical (unpaired) electrons. The smallest absolute Gasteiger partial charge is 0.227 e. The Bertz CT molecular complexity index is 569. The highest BCUT2D eigenvalue weighted by Gasteiger charge is 2.11. The number of rotatable bonds is 7. The summed E-state index contributed by atoms with van der Waals surface area (Å²) in [5.41, 5.74) is 6.18. The molecule has 20 heavy (non-hydrogen) atoms. The van der Waals surface area contributed by atoms with Gasteiger partial charge in [0.2, 0.25) is 5.91 Å². The van der Waals surface area contributed by atoms with Crippen molar-refractivity contribution in [3.05, 3.63) is 36.2 Å². The highest BCUT2D eigenvalue weighted by molar-refractivity contribution is 7.99. The number of anilines is 1. The van der Waals surface area contributed by atoms with Crippen molar-refractivity contribution in [2.24, 2.45) is 5.73 Å². The third-order valence-corrected chi connectivity index (χ3v) is 3.67. The molecule has 0 aliphatic rings. The first-order valence-electron chi connectivity index (χ1n) is 6.32. The first-order valence-corrected chi connectivity index (χ1v) is 7.31. The van der Waals surface area contributed by atoms with Crippen LogP contribution in [-0.4, -0.2) is 26.4 Å².